The first-order valence-corrected chi connectivity index (χ1v) is 6.45. The molecule has 120 valence electrons. The molecule has 0 unspecified atom stereocenters. The molecule has 0 bridgehead atoms. The second kappa shape index (κ2) is 5.71. The molecule has 7 nitrogen and oxygen atoms in total. The van der Waals surface area contributed by atoms with Gasteiger partial charge in [0.15, 0.2) is 5.78 Å². The minimum Gasteiger partial charge on any atom is -0.508 e. The minimum atomic E-state index is -0.566. The van der Waals surface area contributed by atoms with Crippen molar-refractivity contribution in [3.63, 3.8) is 0 Å². The molecule has 0 aliphatic heterocycles. The molecule has 1 aliphatic rings. The van der Waals surface area contributed by atoms with Crippen LogP contribution in [0.4, 0.5) is 0 Å². The summed E-state index contributed by atoms with van der Waals surface area (Å²) in [5.74, 6) is -1.61. The normalized spacial score (nSPS) is 12.3. The second-order valence-corrected chi connectivity index (χ2v) is 4.92. The summed E-state index contributed by atoms with van der Waals surface area (Å²) in [7, 11) is 1.32. The van der Waals surface area contributed by atoms with Crippen molar-refractivity contribution in [2.45, 2.75) is 6.61 Å². The fourth-order valence-electron chi connectivity index (χ4n) is 2.64. The lowest BCUT2D eigenvalue weighted by Crippen LogP contribution is -2.22. The van der Waals surface area contributed by atoms with Crippen molar-refractivity contribution in [3.8, 4) is 17.2 Å². The van der Waals surface area contributed by atoms with Crippen LogP contribution in [-0.2, 0) is 6.61 Å². The summed E-state index contributed by atoms with van der Waals surface area (Å²) in [6.45, 7) is -0.376. The molecule has 1 aliphatic carbocycles. The van der Waals surface area contributed by atoms with E-state index in [4.69, 9.17) is 9.84 Å². The van der Waals surface area contributed by atoms with Crippen molar-refractivity contribution < 1.29 is 35.1 Å². The van der Waals surface area contributed by atoms with Gasteiger partial charge in [0.05, 0.1) is 24.8 Å². The van der Waals surface area contributed by atoms with Crippen molar-refractivity contribution >= 4 is 11.6 Å². The summed E-state index contributed by atoms with van der Waals surface area (Å²) < 4.78 is 5.06. The van der Waals surface area contributed by atoms with Gasteiger partial charge in [0.25, 0.3) is 0 Å². The van der Waals surface area contributed by atoms with Crippen molar-refractivity contribution in [3.05, 3.63) is 52.1 Å². The summed E-state index contributed by atoms with van der Waals surface area (Å²) in [6, 6.07) is 5.01. The zero-order chi connectivity index (χ0) is 16.0. The van der Waals surface area contributed by atoms with E-state index >= 15 is 0 Å². The number of carbonyl (C=O) groups is 2. The number of rotatable bonds is 2. The lowest BCUT2D eigenvalue weighted by Gasteiger charge is -2.21. The highest BCUT2D eigenvalue weighted by atomic mass is 16.5. The number of benzene rings is 2. The number of aliphatic hydroxyl groups is 1. The van der Waals surface area contributed by atoms with E-state index in [2.05, 4.69) is 0 Å². The van der Waals surface area contributed by atoms with Gasteiger partial charge in [-0.15, -0.1) is 0 Å². The third-order valence-electron chi connectivity index (χ3n) is 3.61. The maximum Gasteiger partial charge on any atom is 0.201 e. The Morgan fingerprint density at radius 3 is 2.22 bits per heavy atom. The zero-order valence-electron chi connectivity index (χ0n) is 12.1. The van der Waals surface area contributed by atoms with Gasteiger partial charge in [0.1, 0.15) is 17.2 Å². The molecule has 0 radical (unpaired) electrons. The number of phenols is 2. The van der Waals surface area contributed by atoms with E-state index < -0.39 is 11.6 Å². The monoisotopic (exact) mass is 318 g/mol. The predicted molar refractivity (Wildman–Crippen MR) is 79.2 cm³/mol. The van der Waals surface area contributed by atoms with E-state index in [-0.39, 0.29) is 51.6 Å². The Kier molecular flexibility index (Phi) is 4.09. The summed E-state index contributed by atoms with van der Waals surface area (Å²) in [4.78, 5) is 25.2. The molecule has 0 heterocycles. The highest BCUT2D eigenvalue weighted by molar-refractivity contribution is 6.30. The fraction of sp³-hybridized carbons (Fsp3) is 0.125. The number of hydrogen-bond donors (Lipinski definition) is 3. The van der Waals surface area contributed by atoms with E-state index in [1.807, 2.05) is 0 Å². The predicted octanol–water partition coefficient (Wildman–Crippen LogP) is 0.549. The number of ketones is 2. The van der Waals surface area contributed by atoms with Gasteiger partial charge >= 0.3 is 0 Å². The Labute approximate surface area is 130 Å². The maximum atomic E-state index is 12.6. The van der Waals surface area contributed by atoms with Crippen LogP contribution >= 0.6 is 0 Å². The number of aromatic hydroxyl groups is 2. The van der Waals surface area contributed by atoms with E-state index in [0.717, 1.165) is 0 Å². The van der Waals surface area contributed by atoms with Gasteiger partial charge in [-0.3, -0.25) is 9.59 Å². The van der Waals surface area contributed by atoms with Crippen molar-refractivity contribution in [2.24, 2.45) is 0 Å². The molecule has 7 heteroatoms. The molecule has 0 saturated heterocycles. The minimum absolute atomic E-state index is 0. The van der Waals surface area contributed by atoms with Gasteiger partial charge in [-0.2, -0.15) is 0 Å². The quantitative estimate of drug-likeness (QED) is 0.631. The Hall–Kier alpha value is -2.90. The maximum absolute atomic E-state index is 12.6. The Bertz CT molecular complexity index is 820. The molecule has 0 saturated carbocycles. The average molecular weight is 318 g/mol. The van der Waals surface area contributed by atoms with Gasteiger partial charge in [-0.25, -0.2) is 0 Å². The third kappa shape index (κ3) is 2.32. The summed E-state index contributed by atoms with van der Waals surface area (Å²) >= 11 is 0. The third-order valence-corrected chi connectivity index (χ3v) is 3.61. The van der Waals surface area contributed by atoms with E-state index in [1.54, 1.807) is 0 Å². The van der Waals surface area contributed by atoms with Crippen molar-refractivity contribution in [2.75, 3.05) is 7.11 Å². The number of phenolic OH excluding ortho intramolecular Hbond substituents is 2. The average Bonchev–Trinajstić information content (AvgIpc) is 2.50. The second-order valence-electron chi connectivity index (χ2n) is 4.92. The zero-order valence-corrected chi connectivity index (χ0v) is 12.1. The Morgan fingerprint density at radius 2 is 1.61 bits per heavy atom. The number of fused-ring (bicyclic) bond motifs is 2. The van der Waals surface area contributed by atoms with Crippen LogP contribution in [0.5, 0.6) is 17.2 Å². The molecule has 23 heavy (non-hydrogen) atoms. The SMILES string of the molecule is COc1cc(O)cc2c1C(=O)c1c(O)cc(CO)cc1C2=O.O. The van der Waals surface area contributed by atoms with E-state index in [1.165, 1.54) is 31.4 Å². The van der Waals surface area contributed by atoms with Crippen molar-refractivity contribution in [1.82, 2.24) is 0 Å². The van der Waals surface area contributed by atoms with Crippen LogP contribution in [0.15, 0.2) is 24.3 Å². The van der Waals surface area contributed by atoms with Gasteiger partial charge in [0, 0.05) is 17.2 Å². The fourth-order valence-corrected chi connectivity index (χ4v) is 2.64. The van der Waals surface area contributed by atoms with Crippen LogP contribution in [-0.4, -0.2) is 39.5 Å². The molecular weight excluding hydrogens is 304 g/mol. The van der Waals surface area contributed by atoms with Gasteiger partial charge < -0.3 is 25.5 Å². The first-order valence-electron chi connectivity index (χ1n) is 6.45. The molecule has 0 fully saturated rings. The van der Waals surface area contributed by atoms with Crippen LogP contribution < -0.4 is 4.74 Å². The van der Waals surface area contributed by atoms with Gasteiger partial charge in [-0.1, -0.05) is 0 Å². The number of aliphatic hydroxyl groups excluding tert-OH is 1. The molecule has 5 N–H and O–H groups in total. The highest BCUT2D eigenvalue weighted by Crippen LogP contribution is 2.39. The first kappa shape index (κ1) is 16.5. The topological polar surface area (TPSA) is 136 Å². The van der Waals surface area contributed by atoms with Crippen molar-refractivity contribution in [1.29, 1.82) is 0 Å². The Morgan fingerprint density at radius 1 is 0.957 bits per heavy atom. The number of methoxy groups -OCH3 is 1. The lowest BCUT2D eigenvalue weighted by molar-refractivity contribution is 0.0973. The van der Waals surface area contributed by atoms with Gasteiger partial charge in [0.2, 0.25) is 5.78 Å². The standard InChI is InChI=1S/C16H12O6.H2O/c1-22-12-5-8(18)4-10-14(12)16(21)13-9(15(10)20)2-7(6-17)3-11(13)19;/h2-5,17-19H,6H2,1H3;1H2. The largest absolute Gasteiger partial charge is 0.508 e. The molecule has 0 spiro atoms. The van der Waals surface area contributed by atoms with Crippen LogP contribution in [0, 0.1) is 0 Å². The molecule has 2 aromatic rings. The van der Waals surface area contributed by atoms with Crippen LogP contribution in [0.2, 0.25) is 0 Å². The first-order chi connectivity index (χ1) is 10.5. The molecule has 0 aromatic heterocycles. The smallest absolute Gasteiger partial charge is 0.201 e. The van der Waals surface area contributed by atoms with E-state index in [0.29, 0.717) is 5.56 Å². The van der Waals surface area contributed by atoms with Crippen LogP contribution in [0.3, 0.4) is 0 Å². The van der Waals surface area contributed by atoms with E-state index in [9.17, 15) is 19.8 Å². The van der Waals surface area contributed by atoms with Crippen LogP contribution in [0.1, 0.15) is 37.4 Å². The number of ether oxygens (including phenoxy) is 1. The number of hydrogen-bond acceptors (Lipinski definition) is 6. The van der Waals surface area contributed by atoms with Crippen LogP contribution in [0.25, 0.3) is 0 Å². The summed E-state index contributed by atoms with van der Waals surface area (Å²) in [5.41, 5.74) is 0.189. The summed E-state index contributed by atoms with van der Waals surface area (Å²) in [5, 5.41) is 28.9. The molecule has 2 aromatic carbocycles. The molecule has 0 amide bonds. The van der Waals surface area contributed by atoms with Gasteiger partial charge in [-0.05, 0) is 23.8 Å². The lowest BCUT2D eigenvalue weighted by atomic mass is 9.82. The molecule has 3 rings (SSSR count). The summed E-state index contributed by atoms with van der Waals surface area (Å²) in [6.07, 6.45) is 0. The number of carbonyl (C=O) groups excluding carboxylic acids is 2. The Balaban J connectivity index is 0.00000192. The molecule has 0 atom stereocenters. The molecular formula is C16H14O7. The highest BCUT2D eigenvalue weighted by Gasteiger charge is 2.35.